The SMILES string of the molecule is CCCCOC(=O)CCN1CC[N]CC1. The van der Waals surface area contributed by atoms with E-state index >= 15 is 0 Å². The third-order valence-electron chi connectivity index (χ3n) is 2.54. The third-order valence-corrected chi connectivity index (χ3v) is 2.54. The van der Waals surface area contributed by atoms with Gasteiger partial charge in [-0.1, -0.05) is 13.3 Å². The van der Waals surface area contributed by atoms with Crippen molar-refractivity contribution in [2.45, 2.75) is 26.2 Å². The van der Waals surface area contributed by atoms with E-state index < -0.39 is 0 Å². The molecule has 4 nitrogen and oxygen atoms in total. The average Bonchev–Trinajstić information content (AvgIpc) is 2.28. The fourth-order valence-corrected chi connectivity index (χ4v) is 1.52. The number of hydrogen-bond acceptors (Lipinski definition) is 3. The maximum absolute atomic E-state index is 11.3. The van der Waals surface area contributed by atoms with Gasteiger partial charge >= 0.3 is 5.97 Å². The summed E-state index contributed by atoms with van der Waals surface area (Å²) < 4.78 is 5.08. The number of carbonyl (C=O) groups is 1. The van der Waals surface area contributed by atoms with Crippen LogP contribution in [-0.4, -0.2) is 50.2 Å². The molecule has 0 N–H and O–H groups in total. The molecule has 1 aliphatic heterocycles. The molecule has 0 atom stereocenters. The van der Waals surface area contributed by atoms with Gasteiger partial charge in [0, 0.05) is 32.7 Å². The van der Waals surface area contributed by atoms with Gasteiger partial charge in [0.15, 0.2) is 0 Å². The van der Waals surface area contributed by atoms with Crippen LogP contribution in [0.15, 0.2) is 0 Å². The number of carbonyl (C=O) groups excluding carboxylic acids is 1. The molecule has 0 aromatic heterocycles. The second kappa shape index (κ2) is 7.65. The highest BCUT2D eigenvalue weighted by molar-refractivity contribution is 5.69. The number of ether oxygens (including phenoxy) is 1. The van der Waals surface area contributed by atoms with Crippen molar-refractivity contribution in [1.82, 2.24) is 10.2 Å². The number of nitrogens with zero attached hydrogens (tertiary/aromatic N) is 2. The Morgan fingerprint density at radius 1 is 1.40 bits per heavy atom. The molecule has 1 radical (unpaired) electrons. The largest absolute Gasteiger partial charge is 0.466 e. The highest BCUT2D eigenvalue weighted by Gasteiger charge is 2.12. The number of piperazine rings is 1. The summed E-state index contributed by atoms with van der Waals surface area (Å²) >= 11 is 0. The van der Waals surface area contributed by atoms with Crippen molar-refractivity contribution in [3.05, 3.63) is 0 Å². The van der Waals surface area contributed by atoms with Crippen molar-refractivity contribution in [1.29, 1.82) is 0 Å². The summed E-state index contributed by atoms with van der Waals surface area (Å²) in [6.07, 6.45) is 2.55. The maximum atomic E-state index is 11.3. The van der Waals surface area contributed by atoms with Crippen molar-refractivity contribution in [2.75, 3.05) is 39.3 Å². The van der Waals surface area contributed by atoms with E-state index in [4.69, 9.17) is 4.74 Å². The molecule has 1 aliphatic rings. The van der Waals surface area contributed by atoms with Gasteiger partial charge in [-0.3, -0.25) is 4.79 Å². The molecule has 0 saturated carbocycles. The summed E-state index contributed by atoms with van der Waals surface area (Å²) in [5.41, 5.74) is 0. The highest BCUT2D eigenvalue weighted by Crippen LogP contribution is 1.97. The fourth-order valence-electron chi connectivity index (χ4n) is 1.52. The second-order valence-corrected chi connectivity index (χ2v) is 3.84. The molecule has 0 aromatic rings. The van der Waals surface area contributed by atoms with E-state index in [1.807, 2.05) is 0 Å². The van der Waals surface area contributed by atoms with Crippen LogP contribution in [0, 0.1) is 0 Å². The molecular formula is C11H21N2O2. The summed E-state index contributed by atoms with van der Waals surface area (Å²) in [5, 5.41) is 4.26. The topological polar surface area (TPSA) is 43.6 Å². The molecule has 4 heteroatoms. The van der Waals surface area contributed by atoms with E-state index in [9.17, 15) is 4.79 Å². The van der Waals surface area contributed by atoms with E-state index in [0.29, 0.717) is 13.0 Å². The first-order chi connectivity index (χ1) is 7.33. The normalized spacial score (nSPS) is 17.7. The predicted octanol–water partition coefficient (Wildman–Crippen LogP) is 0.640. The van der Waals surface area contributed by atoms with Crippen LogP contribution in [0.2, 0.25) is 0 Å². The molecule has 0 aromatic carbocycles. The fraction of sp³-hybridized carbons (Fsp3) is 0.909. The smallest absolute Gasteiger partial charge is 0.307 e. The lowest BCUT2D eigenvalue weighted by atomic mass is 10.3. The van der Waals surface area contributed by atoms with Gasteiger partial charge in [-0.25, -0.2) is 5.32 Å². The molecule has 1 saturated heterocycles. The Balaban J connectivity index is 2.00. The average molecular weight is 213 g/mol. The lowest BCUT2D eigenvalue weighted by molar-refractivity contribution is -0.144. The van der Waals surface area contributed by atoms with E-state index in [0.717, 1.165) is 45.6 Å². The van der Waals surface area contributed by atoms with Gasteiger partial charge in [-0.15, -0.1) is 0 Å². The Bertz CT molecular complexity index is 179. The lowest BCUT2D eigenvalue weighted by Gasteiger charge is -2.25. The standard InChI is InChI=1S/C11H21N2O2/c1-2-3-10-15-11(14)4-7-13-8-5-12-6-9-13/h2-10H2,1H3. The molecule has 0 spiro atoms. The van der Waals surface area contributed by atoms with Gasteiger partial charge in [0.25, 0.3) is 0 Å². The minimum absolute atomic E-state index is 0.0639. The second-order valence-electron chi connectivity index (χ2n) is 3.84. The summed E-state index contributed by atoms with van der Waals surface area (Å²) in [7, 11) is 0. The van der Waals surface area contributed by atoms with Crippen LogP contribution in [0.1, 0.15) is 26.2 Å². The van der Waals surface area contributed by atoms with E-state index in [2.05, 4.69) is 17.1 Å². The molecule has 0 unspecified atom stereocenters. The first kappa shape index (κ1) is 12.5. The van der Waals surface area contributed by atoms with Crippen LogP contribution in [0.4, 0.5) is 0 Å². The molecule has 0 aliphatic carbocycles. The first-order valence-electron chi connectivity index (χ1n) is 5.84. The summed E-state index contributed by atoms with van der Waals surface area (Å²) in [6.45, 7) is 7.27. The minimum Gasteiger partial charge on any atom is -0.466 e. The highest BCUT2D eigenvalue weighted by atomic mass is 16.5. The quantitative estimate of drug-likeness (QED) is 0.480. The number of unbranched alkanes of at least 4 members (excludes halogenated alkanes) is 1. The zero-order chi connectivity index (χ0) is 10.9. The van der Waals surface area contributed by atoms with Crippen molar-refractivity contribution >= 4 is 5.97 Å². The zero-order valence-electron chi connectivity index (χ0n) is 9.57. The van der Waals surface area contributed by atoms with Gasteiger partial charge < -0.3 is 9.64 Å². The Kier molecular flexibility index (Phi) is 6.36. The Morgan fingerprint density at radius 2 is 2.13 bits per heavy atom. The van der Waals surface area contributed by atoms with Gasteiger partial charge in [-0.05, 0) is 6.42 Å². The summed E-state index contributed by atoms with van der Waals surface area (Å²) in [4.78, 5) is 13.6. The molecule has 0 bridgehead atoms. The number of esters is 1. The van der Waals surface area contributed by atoms with Crippen LogP contribution in [0.5, 0.6) is 0 Å². The maximum Gasteiger partial charge on any atom is 0.307 e. The van der Waals surface area contributed by atoms with Crippen LogP contribution in [0.3, 0.4) is 0 Å². The lowest BCUT2D eigenvalue weighted by Crippen LogP contribution is -2.41. The predicted molar refractivity (Wildman–Crippen MR) is 58.8 cm³/mol. The van der Waals surface area contributed by atoms with E-state index in [-0.39, 0.29) is 5.97 Å². The third kappa shape index (κ3) is 5.74. The Morgan fingerprint density at radius 3 is 2.80 bits per heavy atom. The van der Waals surface area contributed by atoms with Crippen molar-refractivity contribution in [3.63, 3.8) is 0 Å². The molecule has 87 valence electrons. The van der Waals surface area contributed by atoms with Crippen molar-refractivity contribution < 1.29 is 9.53 Å². The summed E-state index contributed by atoms with van der Waals surface area (Å²) in [5.74, 6) is -0.0639. The van der Waals surface area contributed by atoms with Crippen LogP contribution >= 0.6 is 0 Å². The Hall–Kier alpha value is -0.610. The molecule has 1 rings (SSSR count). The number of rotatable bonds is 6. The van der Waals surface area contributed by atoms with E-state index in [1.165, 1.54) is 0 Å². The van der Waals surface area contributed by atoms with Crippen LogP contribution in [-0.2, 0) is 9.53 Å². The van der Waals surface area contributed by atoms with Gasteiger partial charge in [0.1, 0.15) is 0 Å². The molecule has 1 heterocycles. The van der Waals surface area contributed by atoms with Gasteiger partial charge in [0.05, 0.1) is 13.0 Å². The van der Waals surface area contributed by atoms with Gasteiger partial charge in [-0.2, -0.15) is 0 Å². The molecular weight excluding hydrogens is 192 g/mol. The monoisotopic (exact) mass is 213 g/mol. The van der Waals surface area contributed by atoms with Crippen LogP contribution in [0.25, 0.3) is 0 Å². The molecule has 15 heavy (non-hydrogen) atoms. The van der Waals surface area contributed by atoms with Crippen LogP contribution < -0.4 is 5.32 Å². The number of hydrogen-bond donors (Lipinski definition) is 0. The van der Waals surface area contributed by atoms with Crippen molar-refractivity contribution in [2.24, 2.45) is 0 Å². The summed E-state index contributed by atoms with van der Waals surface area (Å²) in [6, 6.07) is 0. The van der Waals surface area contributed by atoms with Crippen molar-refractivity contribution in [3.8, 4) is 0 Å². The molecule has 0 amide bonds. The molecule has 1 fully saturated rings. The minimum atomic E-state index is -0.0639. The van der Waals surface area contributed by atoms with Gasteiger partial charge in [0.2, 0.25) is 0 Å². The first-order valence-corrected chi connectivity index (χ1v) is 5.84. The van der Waals surface area contributed by atoms with E-state index in [1.54, 1.807) is 0 Å². The zero-order valence-corrected chi connectivity index (χ0v) is 9.57. The Labute approximate surface area is 92.0 Å².